The van der Waals surface area contributed by atoms with Gasteiger partial charge in [-0.15, -0.1) is 11.3 Å². The number of nitrogens with one attached hydrogen (secondary N) is 2. The number of fused-ring (bicyclic) bond motifs is 1. The summed E-state index contributed by atoms with van der Waals surface area (Å²) in [5.41, 5.74) is 1.98. The molecule has 174 valence electrons. The summed E-state index contributed by atoms with van der Waals surface area (Å²) in [5, 5.41) is 2.68. The fourth-order valence-corrected chi connectivity index (χ4v) is 4.09. The molecule has 33 heavy (non-hydrogen) atoms. The maximum absolute atomic E-state index is 12.7. The molecule has 2 heterocycles. The fraction of sp³-hybridized carbons (Fsp3) is 0.318. The Hall–Kier alpha value is -3.73. The Labute approximate surface area is 193 Å². The molecule has 1 atom stereocenters. The van der Waals surface area contributed by atoms with Gasteiger partial charge in [0.05, 0.1) is 41.7 Å². The van der Waals surface area contributed by atoms with Crippen molar-refractivity contribution in [2.45, 2.75) is 33.8 Å². The van der Waals surface area contributed by atoms with E-state index in [-0.39, 0.29) is 34.2 Å². The molecule has 1 unspecified atom stereocenters. The molecule has 1 aromatic carbocycles. The molecule has 3 rings (SSSR count). The van der Waals surface area contributed by atoms with Crippen molar-refractivity contribution in [3.05, 3.63) is 46.1 Å². The minimum absolute atomic E-state index is 0.0569. The summed E-state index contributed by atoms with van der Waals surface area (Å²) in [7, 11) is 0. The number of carbonyl (C=O) groups is 4. The third-order valence-electron chi connectivity index (χ3n) is 4.63. The highest BCUT2D eigenvalue weighted by Crippen LogP contribution is 2.34. The van der Waals surface area contributed by atoms with Crippen LogP contribution in [0.1, 0.15) is 56.7 Å². The summed E-state index contributed by atoms with van der Waals surface area (Å²) in [6, 6.07) is 4.77. The van der Waals surface area contributed by atoms with Crippen LogP contribution in [0.4, 0.5) is 5.00 Å². The largest absolute Gasteiger partial charge is 0.462 e. The first-order valence-electron chi connectivity index (χ1n) is 10.2. The summed E-state index contributed by atoms with van der Waals surface area (Å²) >= 11 is 0.893. The maximum Gasteiger partial charge on any atom is 0.348 e. The number of hydrogen-bond donors (Lipinski definition) is 2. The molecule has 2 N–H and O–H groups in total. The van der Waals surface area contributed by atoms with E-state index in [0.29, 0.717) is 16.6 Å². The Morgan fingerprint density at radius 3 is 2.48 bits per heavy atom. The van der Waals surface area contributed by atoms with Crippen molar-refractivity contribution in [3.8, 4) is 0 Å². The molecule has 3 aromatic rings. The van der Waals surface area contributed by atoms with Crippen LogP contribution in [0, 0.1) is 6.92 Å². The predicted octanol–water partition coefficient (Wildman–Crippen LogP) is 3.47. The number of amides is 1. The second-order valence-electron chi connectivity index (χ2n) is 6.87. The number of thiophene rings is 1. The van der Waals surface area contributed by atoms with Gasteiger partial charge >= 0.3 is 17.9 Å². The second-order valence-corrected chi connectivity index (χ2v) is 7.89. The van der Waals surface area contributed by atoms with E-state index in [9.17, 15) is 19.2 Å². The number of carbonyl (C=O) groups excluding carboxylic acids is 4. The highest BCUT2D eigenvalue weighted by Gasteiger charge is 2.29. The average Bonchev–Trinajstić information content (AvgIpc) is 3.37. The van der Waals surface area contributed by atoms with Crippen LogP contribution in [0.5, 0.6) is 0 Å². The van der Waals surface area contributed by atoms with Gasteiger partial charge in [-0.05, 0) is 51.5 Å². The van der Waals surface area contributed by atoms with Crippen LogP contribution < -0.4 is 5.32 Å². The summed E-state index contributed by atoms with van der Waals surface area (Å²) in [6.45, 7) is 6.55. The van der Waals surface area contributed by atoms with Crippen LogP contribution in [-0.4, -0.2) is 53.1 Å². The smallest absolute Gasteiger partial charge is 0.348 e. The highest BCUT2D eigenvalue weighted by atomic mass is 32.1. The van der Waals surface area contributed by atoms with Crippen molar-refractivity contribution in [1.29, 1.82) is 0 Å². The van der Waals surface area contributed by atoms with Crippen LogP contribution in [0.2, 0.25) is 0 Å². The van der Waals surface area contributed by atoms with Crippen LogP contribution in [0.25, 0.3) is 11.0 Å². The Bertz CT molecular complexity index is 1210. The third kappa shape index (κ3) is 5.20. The molecule has 0 radical (unpaired) electrons. The number of nitrogens with zero attached hydrogens (tertiary/aromatic N) is 1. The van der Waals surface area contributed by atoms with Gasteiger partial charge in [0.25, 0.3) is 5.91 Å². The van der Waals surface area contributed by atoms with Gasteiger partial charge < -0.3 is 24.5 Å². The molecular weight excluding hydrogens is 450 g/mol. The number of benzene rings is 1. The van der Waals surface area contributed by atoms with Crippen molar-refractivity contribution < 1.29 is 33.4 Å². The van der Waals surface area contributed by atoms with Crippen molar-refractivity contribution in [3.63, 3.8) is 0 Å². The highest BCUT2D eigenvalue weighted by molar-refractivity contribution is 7.18. The molecule has 0 aliphatic heterocycles. The maximum atomic E-state index is 12.7. The van der Waals surface area contributed by atoms with Gasteiger partial charge in [-0.3, -0.25) is 4.79 Å². The number of aromatic nitrogens is 2. The van der Waals surface area contributed by atoms with Gasteiger partial charge in [0.2, 0.25) is 0 Å². The van der Waals surface area contributed by atoms with E-state index in [1.165, 1.54) is 13.3 Å². The molecule has 0 saturated carbocycles. The molecule has 1 amide bonds. The lowest BCUT2D eigenvalue weighted by molar-refractivity contribution is -0.123. The van der Waals surface area contributed by atoms with Crippen LogP contribution in [-0.2, 0) is 19.0 Å². The van der Waals surface area contributed by atoms with Gasteiger partial charge in [0.1, 0.15) is 9.88 Å². The van der Waals surface area contributed by atoms with Crippen molar-refractivity contribution >= 4 is 51.2 Å². The number of H-pyrrole nitrogens is 1. The Balaban J connectivity index is 1.78. The number of imidazole rings is 1. The molecule has 0 aliphatic carbocycles. The Morgan fingerprint density at radius 2 is 1.79 bits per heavy atom. The first-order chi connectivity index (χ1) is 15.8. The van der Waals surface area contributed by atoms with Gasteiger partial charge in [-0.25, -0.2) is 19.4 Å². The van der Waals surface area contributed by atoms with Crippen molar-refractivity contribution in [2.24, 2.45) is 0 Å². The SMILES string of the molecule is CCOC(=O)c1sc(NC(=O)C(C)OC(=O)c2ccc3nc[nH]c3c2)c(C(=O)OCC)c1C. The van der Waals surface area contributed by atoms with Crippen LogP contribution in [0.3, 0.4) is 0 Å². The lowest BCUT2D eigenvalue weighted by atomic mass is 10.1. The molecular formula is C22H23N3O7S. The number of hydrogen-bond acceptors (Lipinski definition) is 9. The molecule has 0 spiro atoms. The number of rotatable bonds is 8. The zero-order chi connectivity index (χ0) is 24.1. The number of aromatic amines is 1. The summed E-state index contributed by atoms with van der Waals surface area (Å²) in [4.78, 5) is 57.1. The standard InChI is InChI=1S/C22H23N3O7S/c1-5-30-21(28)16-11(3)17(22(29)31-6-2)33-19(16)25-18(26)12(4)32-20(27)13-7-8-14-15(9-13)24-10-23-14/h7-10,12H,5-6H2,1-4H3,(H,23,24)(H,25,26). The molecule has 10 nitrogen and oxygen atoms in total. The van der Waals surface area contributed by atoms with E-state index in [1.807, 2.05) is 0 Å². The fourth-order valence-electron chi connectivity index (χ4n) is 3.00. The van der Waals surface area contributed by atoms with E-state index < -0.39 is 29.9 Å². The van der Waals surface area contributed by atoms with Crippen LogP contribution >= 0.6 is 11.3 Å². The molecule has 11 heteroatoms. The van der Waals surface area contributed by atoms with Gasteiger partial charge in [-0.1, -0.05) is 0 Å². The van der Waals surface area contributed by atoms with E-state index in [0.717, 1.165) is 11.3 Å². The lowest BCUT2D eigenvalue weighted by Crippen LogP contribution is -2.30. The predicted molar refractivity (Wildman–Crippen MR) is 121 cm³/mol. The monoisotopic (exact) mass is 473 g/mol. The lowest BCUT2D eigenvalue weighted by Gasteiger charge is -2.14. The molecule has 0 bridgehead atoms. The quantitative estimate of drug-likeness (QED) is 0.375. The summed E-state index contributed by atoms with van der Waals surface area (Å²) in [6.07, 6.45) is 0.323. The molecule has 0 aliphatic rings. The Morgan fingerprint density at radius 1 is 1.09 bits per heavy atom. The minimum Gasteiger partial charge on any atom is -0.462 e. The van der Waals surface area contributed by atoms with Crippen molar-refractivity contribution in [1.82, 2.24) is 9.97 Å². The van der Waals surface area contributed by atoms with E-state index in [4.69, 9.17) is 14.2 Å². The zero-order valence-electron chi connectivity index (χ0n) is 18.5. The number of ether oxygens (including phenoxy) is 3. The zero-order valence-corrected chi connectivity index (χ0v) is 19.3. The van der Waals surface area contributed by atoms with E-state index in [2.05, 4.69) is 15.3 Å². The van der Waals surface area contributed by atoms with Gasteiger partial charge in [0, 0.05) is 0 Å². The second kappa shape index (κ2) is 10.3. The van der Waals surface area contributed by atoms with E-state index >= 15 is 0 Å². The molecule has 0 saturated heterocycles. The number of anilines is 1. The normalized spacial score (nSPS) is 11.6. The topological polar surface area (TPSA) is 137 Å². The van der Waals surface area contributed by atoms with Gasteiger partial charge in [0.15, 0.2) is 6.10 Å². The summed E-state index contributed by atoms with van der Waals surface area (Å²) in [5.74, 6) is -2.67. The average molecular weight is 474 g/mol. The van der Waals surface area contributed by atoms with Crippen LogP contribution in [0.15, 0.2) is 24.5 Å². The first kappa shape index (κ1) is 23.9. The summed E-state index contributed by atoms with van der Waals surface area (Å²) < 4.78 is 15.4. The number of esters is 3. The molecule has 0 fully saturated rings. The van der Waals surface area contributed by atoms with Crippen molar-refractivity contribution in [2.75, 3.05) is 18.5 Å². The molecule has 2 aromatic heterocycles. The van der Waals surface area contributed by atoms with Gasteiger partial charge in [-0.2, -0.15) is 0 Å². The third-order valence-corrected chi connectivity index (χ3v) is 5.82. The first-order valence-corrected chi connectivity index (χ1v) is 11.0. The van der Waals surface area contributed by atoms with E-state index in [1.54, 1.807) is 39.0 Å². The minimum atomic E-state index is -1.18. The Kier molecular flexibility index (Phi) is 7.44.